The Morgan fingerprint density at radius 2 is 1.40 bits per heavy atom. The van der Waals surface area contributed by atoms with Gasteiger partial charge >= 0.3 is 0 Å². The van der Waals surface area contributed by atoms with Gasteiger partial charge in [-0.1, -0.05) is 40.2 Å². The fourth-order valence-corrected chi connectivity index (χ4v) is 4.48. The van der Waals surface area contributed by atoms with E-state index in [9.17, 15) is 22.8 Å². The molecule has 156 valence electrons. The summed E-state index contributed by atoms with van der Waals surface area (Å²) in [6.45, 7) is 0.0521. The summed E-state index contributed by atoms with van der Waals surface area (Å²) in [7, 11) is -3.87. The van der Waals surface area contributed by atoms with E-state index in [0.29, 0.717) is 11.1 Å². The molecular weight excluding hydrogens is 475 g/mol. The highest BCUT2D eigenvalue weighted by atomic mass is 79.9. The molecule has 3 aromatic rings. The predicted molar refractivity (Wildman–Crippen MR) is 114 cm³/mol. The number of hydroxylamine groups is 1. The molecule has 0 unspecified atom stereocenters. The van der Waals surface area contributed by atoms with Gasteiger partial charge < -0.3 is 10.7 Å². The van der Waals surface area contributed by atoms with Gasteiger partial charge in [0.05, 0.1) is 4.90 Å². The highest BCUT2D eigenvalue weighted by Crippen LogP contribution is 2.23. The summed E-state index contributed by atoms with van der Waals surface area (Å²) in [6.07, 6.45) is 0. The number of nitrogens with zero attached hydrogens (tertiary/aromatic N) is 1. The first-order valence-electron chi connectivity index (χ1n) is 8.81. The number of benzene rings is 3. The van der Waals surface area contributed by atoms with Gasteiger partial charge in [0.25, 0.3) is 0 Å². The number of sulfonamides is 1. The first-order chi connectivity index (χ1) is 14.3. The van der Waals surface area contributed by atoms with Crippen LogP contribution in [0.1, 0.15) is 21.5 Å². The Balaban J connectivity index is 1.93. The van der Waals surface area contributed by atoms with Crippen LogP contribution in [0.25, 0.3) is 0 Å². The molecule has 0 aliphatic carbocycles. The van der Waals surface area contributed by atoms with Gasteiger partial charge in [-0.15, -0.1) is 0 Å². The Morgan fingerprint density at radius 3 is 1.90 bits per heavy atom. The van der Waals surface area contributed by atoms with Crippen molar-refractivity contribution in [2.75, 3.05) is 0 Å². The number of rotatable bonds is 7. The van der Waals surface area contributed by atoms with Crippen molar-refractivity contribution in [3.8, 4) is 0 Å². The molecule has 0 aromatic heterocycles. The Labute approximate surface area is 182 Å². The molecule has 6 nitrogen and oxygen atoms in total. The number of nitrogens with one attached hydrogen (secondary N) is 1. The Hall–Kier alpha value is -2.59. The number of carbonyl (C=O) groups excluding carboxylic acids is 1. The van der Waals surface area contributed by atoms with E-state index >= 15 is 0 Å². The summed E-state index contributed by atoms with van der Waals surface area (Å²) >= 11 is 3.29. The lowest BCUT2D eigenvalue weighted by molar-refractivity contribution is 0.0970. The quantitative estimate of drug-likeness (QED) is 0.501. The first-order valence-corrected chi connectivity index (χ1v) is 11.0. The summed E-state index contributed by atoms with van der Waals surface area (Å²) < 4.78 is 41.8. The number of hydrogen-bond acceptors (Lipinski definition) is 4. The smallest absolute Gasteiger partial charge is 0.243 e. The largest absolute Gasteiger partial charge is 0.759 e. The molecule has 0 saturated carbocycles. The molecule has 9 heteroatoms. The maximum absolute atomic E-state index is 13.3. The van der Waals surface area contributed by atoms with Crippen molar-refractivity contribution < 1.29 is 17.6 Å². The average Bonchev–Trinajstić information content (AvgIpc) is 2.75. The van der Waals surface area contributed by atoms with E-state index in [2.05, 4.69) is 15.9 Å². The molecule has 0 bridgehead atoms. The molecule has 0 fully saturated rings. The summed E-state index contributed by atoms with van der Waals surface area (Å²) in [5.41, 5.74) is 2.72. The molecule has 3 rings (SSSR count). The van der Waals surface area contributed by atoms with Crippen molar-refractivity contribution >= 4 is 31.9 Å². The molecular formula is C21H17BrFN2O4S-. The minimum atomic E-state index is -3.87. The second kappa shape index (κ2) is 9.48. The van der Waals surface area contributed by atoms with Crippen molar-refractivity contribution in [2.45, 2.75) is 18.0 Å². The normalized spacial score (nSPS) is 11.5. The minimum absolute atomic E-state index is 0.0229. The van der Waals surface area contributed by atoms with Gasteiger partial charge in [-0.05, 0) is 59.7 Å². The third-order valence-electron chi connectivity index (χ3n) is 4.39. The van der Waals surface area contributed by atoms with Crippen molar-refractivity contribution in [3.05, 3.63) is 105 Å². The van der Waals surface area contributed by atoms with Crippen LogP contribution < -0.4 is 5.48 Å². The zero-order chi connectivity index (χ0) is 21.7. The fourth-order valence-electron chi connectivity index (χ4n) is 2.80. The molecule has 0 spiro atoms. The van der Waals surface area contributed by atoms with Gasteiger partial charge in [0.2, 0.25) is 15.9 Å². The van der Waals surface area contributed by atoms with E-state index in [-0.39, 0.29) is 23.5 Å². The summed E-state index contributed by atoms with van der Waals surface area (Å²) in [5.74, 6) is -1.18. The molecule has 1 N–H and O–H groups in total. The standard InChI is InChI=1S/C21H17BrFN2O4S/c22-18-7-11-20(12-8-18)30(28,29)25(14-16-3-9-19(23)10-4-16)13-15-1-5-17(6-2-15)21(26)24-27/h1-12H,13-14H2,(H-,24,26,27)/q-1. The molecule has 0 radical (unpaired) electrons. The first kappa shape index (κ1) is 22.1. The Kier molecular flexibility index (Phi) is 6.99. The van der Waals surface area contributed by atoms with E-state index in [1.165, 1.54) is 58.3 Å². The summed E-state index contributed by atoms with van der Waals surface area (Å²) in [5, 5.41) is 10.5. The SMILES string of the molecule is O=C(N[O-])c1ccc(CN(Cc2ccc(F)cc2)S(=O)(=O)c2ccc(Br)cc2)cc1. The van der Waals surface area contributed by atoms with Gasteiger partial charge in [0.1, 0.15) is 5.82 Å². The van der Waals surface area contributed by atoms with E-state index in [4.69, 9.17) is 0 Å². The van der Waals surface area contributed by atoms with Gasteiger partial charge in [0.15, 0.2) is 0 Å². The molecule has 0 heterocycles. The monoisotopic (exact) mass is 491 g/mol. The fraction of sp³-hybridized carbons (Fsp3) is 0.0952. The van der Waals surface area contributed by atoms with Crippen LogP contribution in [-0.2, 0) is 23.1 Å². The Bertz CT molecular complexity index is 1120. The molecule has 0 aliphatic heterocycles. The highest BCUT2D eigenvalue weighted by Gasteiger charge is 2.25. The minimum Gasteiger partial charge on any atom is -0.759 e. The average molecular weight is 492 g/mol. The number of halogens is 2. The molecule has 0 atom stereocenters. The van der Waals surface area contributed by atoms with Crippen LogP contribution in [0.5, 0.6) is 0 Å². The van der Waals surface area contributed by atoms with Crippen molar-refractivity contribution in [1.82, 2.24) is 9.79 Å². The van der Waals surface area contributed by atoms with E-state index in [0.717, 1.165) is 4.47 Å². The lowest BCUT2D eigenvalue weighted by atomic mass is 10.1. The zero-order valence-corrected chi connectivity index (χ0v) is 18.0. The predicted octanol–water partition coefficient (Wildman–Crippen LogP) is 4.21. The molecule has 1 amide bonds. The number of hydrogen-bond donors (Lipinski definition) is 1. The molecule has 3 aromatic carbocycles. The van der Waals surface area contributed by atoms with Crippen LogP contribution in [-0.4, -0.2) is 18.6 Å². The number of amides is 1. The molecule has 30 heavy (non-hydrogen) atoms. The topological polar surface area (TPSA) is 89.5 Å². The number of carbonyl (C=O) groups is 1. The zero-order valence-electron chi connectivity index (χ0n) is 15.6. The van der Waals surface area contributed by atoms with Crippen LogP contribution in [0.4, 0.5) is 4.39 Å². The maximum atomic E-state index is 13.3. The highest BCUT2D eigenvalue weighted by molar-refractivity contribution is 9.10. The summed E-state index contributed by atoms with van der Waals surface area (Å²) in [4.78, 5) is 11.5. The van der Waals surface area contributed by atoms with E-state index < -0.39 is 21.7 Å². The van der Waals surface area contributed by atoms with E-state index in [1.54, 1.807) is 24.3 Å². The second-order valence-corrected chi connectivity index (χ2v) is 9.34. The molecule has 0 aliphatic rings. The molecule has 0 saturated heterocycles. The third-order valence-corrected chi connectivity index (χ3v) is 6.73. The third kappa shape index (κ3) is 5.31. The van der Waals surface area contributed by atoms with Crippen LogP contribution in [0, 0.1) is 11.0 Å². The van der Waals surface area contributed by atoms with Gasteiger partial charge in [0, 0.05) is 23.1 Å². The maximum Gasteiger partial charge on any atom is 0.243 e. The van der Waals surface area contributed by atoms with Gasteiger partial charge in [-0.3, -0.25) is 4.79 Å². The Morgan fingerprint density at radius 1 is 0.900 bits per heavy atom. The van der Waals surface area contributed by atoms with Crippen LogP contribution in [0.15, 0.2) is 82.2 Å². The lowest BCUT2D eigenvalue weighted by Crippen LogP contribution is -2.30. The van der Waals surface area contributed by atoms with Crippen molar-refractivity contribution in [1.29, 1.82) is 0 Å². The second-order valence-electron chi connectivity index (χ2n) is 6.48. The van der Waals surface area contributed by atoms with Gasteiger partial charge in [-0.25, -0.2) is 12.8 Å². The van der Waals surface area contributed by atoms with Crippen LogP contribution in [0.3, 0.4) is 0 Å². The van der Waals surface area contributed by atoms with Crippen LogP contribution in [0.2, 0.25) is 0 Å². The van der Waals surface area contributed by atoms with Gasteiger partial charge in [-0.2, -0.15) is 4.31 Å². The van der Waals surface area contributed by atoms with Crippen molar-refractivity contribution in [2.24, 2.45) is 0 Å². The van der Waals surface area contributed by atoms with Crippen LogP contribution >= 0.6 is 15.9 Å². The lowest BCUT2D eigenvalue weighted by Gasteiger charge is -2.23. The van der Waals surface area contributed by atoms with Crippen molar-refractivity contribution in [3.63, 3.8) is 0 Å². The van der Waals surface area contributed by atoms with E-state index in [1.807, 2.05) is 0 Å². The summed E-state index contributed by atoms with van der Waals surface area (Å²) in [6, 6.07) is 17.9.